The monoisotopic (exact) mass is 178 g/mol. The van der Waals surface area contributed by atoms with E-state index in [1.807, 2.05) is 6.92 Å². The first kappa shape index (κ1) is 17.6. The molecule has 0 fully saturated rings. The molecule has 0 saturated carbocycles. The predicted molar refractivity (Wildman–Crippen MR) is 52.2 cm³/mol. The lowest BCUT2D eigenvalue weighted by atomic mass is 10.5. The van der Waals surface area contributed by atoms with Gasteiger partial charge in [0.05, 0.1) is 13.2 Å². The Hall–Kier alpha value is -0.380. The minimum atomic E-state index is -0.125. The van der Waals surface area contributed by atoms with Gasteiger partial charge < -0.3 is 14.9 Å². The molecular weight excluding hydrogens is 156 g/mol. The van der Waals surface area contributed by atoms with Crippen LogP contribution in [0.15, 0.2) is 13.2 Å². The minimum Gasteiger partial charge on any atom is -0.394 e. The van der Waals surface area contributed by atoms with Gasteiger partial charge in [0.25, 0.3) is 0 Å². The van der Waals surface area contributed by atoms with E-state index in [9.17, 15) is 0 Å². The highest BCUT2D eigenvalue weighted by atomic mass is 16.5. The van der Waals surface area contributed by atoms with Crippen LogP contribution in [-0.2, 0) is 4.74 Å². The fraction of sp³-hybridized carbons (Fsp3) is 0.778. The Balaban J connectivity index is -0.000000118. The Morgan fingerprint density at radius 1 is 1.08 bits per heavy atom. The third-order valence-corrected chi connectivity index (χ3v) is 0.653. The fourth-order valence-electron chi connectivity index (χ4n) is 0.289. The highest BCUT2D eigenvalue weighted by Crippen LogP contribution is 1.75. The van der Waals surface area contributed by atoms with Gasteiger partial charge in [0.15, 0.2) is 0 Å². The molecule has 0 aromatic carbocycles. The lowest BCUT2D eigenvalue weighted by Crippen LogP contribution is -1.88. The zero-order chi connectivity index (χ0) is 10.2. The van der Waals surface area contributed by atoms with Gasteiger partial charge in [-0.25, -0.2) is 0 Å². The maximum Gasteiger partial charge on any atom is 0.0662 e. The zero-order valence-electron chi connectivity index (χ0n) is 8.25. The van der Waals surface area contributed by atoms with E-state index in [0.717, 1.165) is 19.6 Å². The maximum absolute atomic E-state index is 7.62. The smallest absolute Gasteiger partial charge is 0.0662 e. The Bertz CT molecular complexity index is 43.0. The van der Waals surface area contributed by atoms with Crippen molar-refractivity contribution in [3.63, 3.8) is 0 Å². The van der Waals surface area contributed by atoms with Crippen molar-refractivity contribution in [3.05, 3.63) is 13.2 Å². The summed E-state index contributed by atoms with van der Waals surface area (Å²) < 4.78 is 4.98. The van der Waals surface area contributed by atoms with Crippen molar-refractivity contribution in [3.8, 4) is 0 Å². The van der Waals surface area contributed by atoms with Gasteiger partial charge in [-0.05, 0) is 13.3 Å². The van der Waals surface area contributed by atoms with E-state index in [-0.39, 0.29) is 13.2 Å². The molecular formula is C9H22O3. The molecule has 3 heteroatoms. The summed E-state index contributed by atoms with van der Waals surface area (Å²) in [5, 5.41) is 15.2. The first-order chi connectivity index (χ1) is 5.83. The van der Waals surface area contributed by atoms with Crippen molar-refractivity contribution in [2.24, 2.45) is 0 Å². The average molecular weight is 178 g/mol. The standard InChI is InChI=1S/C5H12O.C2H6O2.C2H4/c1-3-5-6-4-2;3-1-2-4;1-2/h3-5H2,1-2H3;3-4H,1-2H2;1-2H2. The molecule has 3 nitrogen and oxygen atoms in total. The Labute approximate surface area is 75.7 Å². The van der Waals surface area contributed by atoms with Crippen LogP contribution in [0.5, 0.6) is 0 Å². The molecule has 0 amide bonds. The predicted octanol–water partition coefficient (Wildman–Crippen LogP) is 1.21. The number of rotatable bonds is 4. The molecule has 0 aromatic heterocycles. The first-order valence-corrected chi connectivity index (χ1v) is 4.12. The lowest BCUT2D eigenvalue weighted by molar-refractivity contribution is 0.148. The van der Waals surface area contributed by atoms with Crippen LogP contribution in [-0.4, -0.2) is 36.6 Å². The number of ether oxygens (including phenoxy) is 1. The van der Waals surface area contributed by atoms with Crippen LogP contribution >= 0.6 is 0 Å². The summed E-state index contributed by atoms with van der Waals surface area (Å²) in [6.45, 7) is 11.6. The van der Waals surface area contributed by atoms with E-state index < -0.39 is 0 Å². The molecule has 2 N–H and O–H groups in total. The Morgan fingerprint density at radius 3 is 1.58 bits per heavy atom. The highest BCUT2D eigenvalue weighted by Gasteiger charge is 1.72. The van der Waals surface area contributed by atoms with Gasteiger partial charge in [-0.3, -0.25) is 0 Å². The number of hydrogen-bond acceptors (Lipinski definition) is 3. The van der Waals surface area contributed by atoms with Crippen molar-refractivity contribution in [1.29, 1.82) is 0 Å². The summed E-state index contributed by atoms with van der Waals surface area (Å²) in [5.41, 5.74) is 0. The van der Waals surface area contributed by atoms with Crippen LogP contribution in [0.2, 0.25) is 0 Å². The molecule has 12 heavy (non-hydrogen) atoms. The minimum absolute atomic E-state index is 0.125. The molecule has 0 bridgehead atoms. The summed E-state index contributed by atoms with van der Waals surface area (Å²) in [6.07, 6.45) is 1.13. The van der Waals surface area contributed by atoms with Crippen molar-refractivity contribution >= 4 is 0 Å². The molecule has 76 valence electrons. The molecule has 0 atom stereocenters. The zero-order valence-corrected chi connectivity index (χ0v) is 8.25. The molecule has 0 saturated heterocycles. The summed E-state index contributed by atoms with van der Waals surface area (Å²) in [7, 11) is 0. The molecule has 0 unspecified atom stereocenters. The van der Waals surface area contributed by atoms with Gasteiger partial charge >= 0.3 is 0 Å². The van der Waals surface area contributed by atoms with Gasteiger partial charge in [0, 0.05) is 13.2 Å². The Kier molecular flexibility index (Phi) is 45.7. The van der Waals surface area contributed by atoms with Crippen LogP contribution in [0.4, 0.5) is 0 Å². The number of hydrogen-bond donors (Lipinski definition) is 2. The summed E-state index contributed by atoms with van der Waals surface area (Å²) in [6, 6.07) is 0. The van der Waals surface area contributed by atoms with Crippen molar-refractivity contribution in [2.75, 3.05) is 26.4 Å². The molecule has 0 aliphatic carbocycles. The first-order valence-electron chi connectivity index (χ1n) is 4.12. The second-order valence-corrected chi connectivity index (χ2v) is 1.64. The third-order valence-electron chi connectivity index (χ3n) is 0.653. The van der Waals surface area contributed by atoms with Gasteiger partial charge in [-0.15, -0.1) is 13.2 Å². The van der Waals surface area contributed by atoms with E-state index in [1.54, 1.807) is 0 Å². The van der Waals surface area contributed by atoms with Gasteiger partial charge in [0.1, 0.15) is 0 Å². The normalized spacial score (nSPS) is 7.33. The maximum atomic E-state index is 7.62. The highest BCUT2D eigenvalue weighted by molar-refractivity contribution is 4.22. The van der Waals surface area contributed by atoms with Gasteiger partial charge in [-0.2, -0.15) is 0 Å². The summed E-state index contributed by atoms with van der Waals surface area (Å²) in [4.78, 5) is 0. The van der Waals surface area contributed by atoms with Crippen molar-refractivity contribution < 1.29 is 14.9 Å². The molecule has 0 spiro atoms. The van der Waals surface area contributed by atoms with Crippen LogP contribution in [0.1, 0.15) is 20.3 Å². The van der Waals surface area contributed by atoms with Gasteiger partial charge in [-0.1, -0.05) is 6.92 Å². The SMILES string of the molecule is C=C.CCCOCC.OCCO. The molecule has 0 aliphatic heterocycles. The largest absolute Gasteiger partial charge is 0.394 e. The van der Waals surface area contributed by atoms with E-state index in [1.165, 1.54) is 0 Å². The van der Waals surface area contributed by atoms with Gasteiger partial charge in [0.2, 0.25) is 0 Å². The second-order valence-electron chi connectivity index (χ2n) is 1.64. The van der Waals surface area contributed by atoms with Crippen LogP contribution in [0.3, 0.4) is 0 Å². The molecule has 0 rings (SSSR count). The van der Waals surface area contributed by atoms with E-state index in [4.69, 9.17) is 14.9 Å². The quantitative estimate of drug-likeness (QED) is 0.502. The Morgan fingerprint density at radius 2 is 1.50 bits per heavy atom. The van der Waals surface area contributed by atoms with E-state index >= 15 is 0 Å². The third kappa shape index (κ3) is 54.5. The van der Waals surface area contributed by atoms with Crippen LogP contribution < -0.4 is 0 Å². The van der Waals surface area contributed by atoms with Crippen LogP contribution in [0, 0.1) is 0 Å². The number of aliphatic hydroxyl groups excluding tert-OH is 2. The van der Waals surface area contributed by atoms with Crippen LogP contribution in [0.25, 0.3) is 0 Å². The molecule has 0 radical (unpaired) electrons. The van der Waals surface area contributed by atoms with Crippen molar-refractivity contribution in [2.45, 2.75) is 20.3 Å². The average Bonchev–Trinajstić information content (AvgIpc) is 2.18. The summed E-state index contributed by atoms with van der Waals surface area (Å²) >= 11 is 0. The fourth-order valence-corrected chi connectivity index (χ4v) is 0.289. The lowest BCUT2D eigenvalue weighted by Gasteiger charge is -1.91. The topological polar surface area (TPSA) is 49.7 Å². The molecule has 0 heterocycles. The molecule has 0 aromatic rings. The molecule has 0 aliphatic rings. The van der Waals surface area contributed by atoms with Crippen molar-refractivity contribution in [1.82, 2.24) is 0 Å². The van der Waals surface area contributed by atoms with E-state index in [0.29, 0.717) is 0 Å². The summed E-state index contributed by atoms with van der Waals surface area (Å²) in [5.74, 6) is 0. The van der Waals surface area contributed by atoms with E-state index in [2.05, 4.69) is 20.1 Å². The number of aliphatic hydroxyl groups is 2. The second kappa shape index (κ2) is 31.1.